The van der Waals surface area contributed by atoms with Gasteiger partial charge in [-0.15, -0.1) is 0 Å². The molecule has 1 N–H and O–H groups in total. The predicted molar refractivity (Wildman–Crippen MR) is 137 cm³/mol. The first-order valence-corrected chi connectivity index (χ1v) is 12.5. The van der Waals surface area contributed by atoms with Crippen LogP contribution in [0.15, 0.2) is 114 Å². The smallest absolute Gasteiger partial charge is 0.245 e. The number of aryl methyl sites for hydroxylation is 2. The van der Waals surface area contributed by atoms with Crippen LogP contribution in [0, 0.1) is 13.8 Å². The number of rotatable bonds is 6. The molecule has 0 unspecified atom stereocenters. The molecule has 0 atom stereocenters. The molecule has 4 rings (SSSR count). The van der Waals surface area contributed by atoms with Crippen LogP contribution >= 0.6 is 7.05 Å². The zero-order chi connectivity index (χ0) is 22.4. The van der Waals surface area contributed by atoms with Gasteiger partial charge in [0.05, 0.1) is 7.05 Å². The quantitative estimate of drug-likeness (QED) is 0.401. The van der Waals surface area contributed by atoms with Crippen molar-refractivity contribution >= 4 is 34.6 Å². The number of nitrogens with one attached hydrogen (secondary N) is 1. The Morgan fingerprint density at radius 2 is 1.19 bits per heavy atom. The number of amides is 1. The van der Waals surface area contributed by atoms with Crippen LogP contribution in [0.2, 0.25) is 0 Å². The van der Waals surface area contributed by atoms with Gasteiger partial charge in [0.25, 0.3) is 0 Å². The molecule has 0 aliphatic carbocycles. The van der Waals surface area contributed by atoms with Gasteiger partial charge in [-0.1, -0.05) is 103 Å². The SMILES string of the molecule is Cc1ccc(C)c(NC(=O)CN=P(c2ccccc2)(c2ccccc2)c2ccccc2)c1. The summed E-state index contributed by atoms with van der Waals surface area (Å²) in [5.41, 5.74) is 3.00. The van der Waals surface area contributed by atoms with Gasteiger partial charge < -0.3 is 5.32 Å². The molecule has 4 aromatic rings. The lowest BCUT2D eigenvalue weighted by Gasteiger charge is -2.27. The second kappa shape index (κ2) is 9.80. The number of benzene rings is 4. The van der Waals surface area contributed by atoms with E-state index in [2.05, 4.69) is 41.7 Å². The van der Waals surface area contributed by atoms with Gasteiger partial charge in [0, 0.05) is 21.6 Å². The highest BCUT2D eigenvalue weighted by Crippen LogP contribution is 2.46. The maximum absolute atomic E-state index is 13.0. The monoisotopic (exact) mass is 438 g/mol. The summed E-state index contributed by atoms with van der Waals surface area (Å²) in [7, 11) is -2.37. The maximum Gasteiger partial charge on any atom is 0.245 e. The Morgan fingerprint density at radius 1 is 0.719 bits per heavy atom. The van der Waals surface area contributed by atoms with Crippen molar-refractivity contribution < 1.29 is 4.79 Å². The van der Waals surface area contributed by atoms with Gasteiger partial charge in [0.15, 0.2) is 0 Å². The fourth-order valence-corrected chi connectivity index (χ4v) is 7.39. The summed E-state index contributed by atoms with van der Waals surface area (Å²) >= 11 is 0. The van der Waals surface area contributed by atoms with E-state index in [1.54, 1.807) is 0 Å². The van der Waals surface area contributed by atoms with Crippen LogP contribution in [0.25, 0.3) is 0 Å². The van der Waals surface area contributed by atoms with Crippen LogP contribution < -0.4 is 21.2 Å². The van der Waals surface area contributed by atoms with Crippen molar-refractivity contribution in [3.63, 3.8) is 0 Å². The van der Waals surface area contributed by atoms with Crippen molar-refractivity contribution in [3.8, 4) is 0 Å². The molecule has 0 heterocycles. The van der Waals surface area contributed by atoms with Crippen molar-refractivity contribution in [2.45, 2.75) is 13.8 Å². The molecule has 160 valence electrons. The van der Waals surface area contributed by atoms with E-state index < -0.39 is 7.05 Å². The van der Waals surface area contributed by atoms with Crippen LogP contribution in [0.1, 0.15) is 11.1 Å². The largest absolute Gasteiger partial charge is 0.324 e. The third-order valence-electron chi connectivity index (χ3n) is 5.48. The number of nitrogens with zero attached hydrogens (tertiary/aromatic N) is 1. The lowest BCUT2D eigenvalue weighted by Crippen LogP contribution is -2.26. The zero-order valence-corrected chi connectivity index (χ0v) is 19.3. The third-order valence-corrected chi connectivity index (χ3v) is 9.19. The number of carbonyl (C=O) groups excluding carboxylic acids is 1. The minimum absolute atomic E-state index is 0.0832. The predicted octanol–water partition coefficient (Wildman–Crippen LogP) is 5.42. The molecule has 0 spiro atoms. The fourth-order valence-electron chi connectivity index (χ4n) is 3.85. The average Bonchev–Trinajstić information content (AvgIpc) is 2.84. The molecule has 0 fully saturated rings. The molecule has 0 saturated carbocycles. The van der Waals surface area contributed by atoms with Crippen molar-refractivity contribution in [2.24, 2.45) is 4.74 Å². The molecular formula is C28H27N2OP. The fraction of sp³-hybridized carbons (Fsp3) is 0.107. The minimum Gasteiger partial charge on any atom is -0.324 e. The highest BCUT2D eigenvalue weighted by Gasteiger charge is 2.27. The Morgan fingerprint density at radius 3 is 1.66 bits per heavy atom. The van der Waals surface area contributed by atoms with E-state index >= 15 is 0 Å². The number of hydrogen-bond donors (Lipinski definition) is 1. The first-order chi connectivity index (χ1) is 15.6. The summed E-state index contributed by atoms with van der Waals surface area (Å²) in [4.78, 5) is 13.0. The summed E-state index contributed by atoms with van der Waals surface area (Å²) < 4.78 is 5.21. The van der Waals surface area contributed by atoms with Crippen molar-refractivity contribution in [3.05, 3.63) is 120 Å². The van der Waals surface area contributed by atoms with Gasteiger partial charge in [0.2, 0.25) is 5.91 Å². The molecule has 4 aromatic carbocycles. The van der Waals surface area contributed by atoms with Crippen LogP contribution in [-0.4, -0.2) is 12.5 Å². The Kier molecular flexibility index (Phi) is 6.68. The van der Waals surface area contributed by atoms with Gasteiger partial charge in [-0.25, -0.2) is 0 Å². The van der Waals surface area contributed by atoms with Crippen molar-refractivity contribution in [1.29, 1.82) is 0 Å². The number of anilines is 1. The second-order valence-electron chi connectivity index (χ2n) is 7.81. The summed E-state index contributed by atoms with van der Waals surface area (Å²) in [6, 6.07) is 37.1. The molecule has 0 bridgehead atoms. The molecule has 1 amide bonds. The van der Waals surface area contributed by atoms with Crippen LogP contribution in [-0.2, 0) is 4.79 Å². The highest BCUT2D eigenvalue weighted by molar-refractivity contribution is 7.87. The van der Waals surface area contributed by atoms with Gasteiger partial charge >= 0.3 is 0 Å². The highest BCUT2D eigenvalue weighted by atomic mass is 31.2. The van der Waals surface area contributed by atoms with Crippen LogP contribution in [0.3, 0.4) is 0 Å². The molecule has 0 aromatic heterocycles. The Hall–Kier alpha value is -3.42. The lowest BCUT2D eigenvalue weighted by atomic mass is 10.1. The molecule has 0 aliphatic heterocycles. The van der Waals surface area contributed by atoms with Gasteiger partial charge in [-0.3, -0.25) is 9.54 Å². The topological polar surface area (TPSA) is 41.5 Å². The third kappa shape index (κ3) is 4.59. The summed E-state index contributed by atoms with van der Waals surface area (Å²) in [5, 5.41) is 6.47. The summed E-state index contributed by atoms with van der Waals surface area (Å²) in [6.45, 7) is 4.11. The van der Waals surface area contributed by atoms with Crippen molar-refractivity contribution in [2.75, 3.05) is 11.9 Å². The second-order valence-corrected chi connectivity index (χ2v) is 10.9. The van der Waals surface area contributed by atoms with Crippen molar-refractivity contribution in [1.82, 2.24) is 0 Å². The average molecular weight is 439 g/mol. The van der Waals surface area contributed by atoms with E-state index in [0.717, 1.165) is 32.7 Å². The molecular weight excluding hydrogens is 411 g/mol. The molecule has 3 nitrogen and oxygen atoms in total. The van der Waals surface area contributed by atoms with E-state index in [1.807, 2.05) is 86.6 Å². The lowest BCUT2D eigenvalue weighted by molar-refractivity contribution is -0.114. The minimum atomic E-state index is -2.37. The Bertz CT molecular complexity index is 1150. The summed E-state index contributed by atoms with van der Waals surface area (Å²) in [6.07, 6.45) is 0. The standard InChI is InChI=1S/C28H27N2OP/c1-22-18-19-23(2)27(20-22)30-28(31)21-29-32(24-12-6-3-7-13-24,25-14-8-4-9-15-25)26-16-10-5-11-17-26/h3-20H,21H2,1-2H3,(H,30,31). The maximum atomic E-state index is 13.0. The van der Waals surface area contributed by atoms with Crippen LogP contribution in [0.4, 0.5) is 5.69 Å². The summed E-state index contributed by atoms with van der Waals surface area (Å²) in [5.74, 6) is -0.106. The molecule has 0 radical (unpaired) electrons. The van der Waals surface area contributed by atoms with E-state index in [1.165, 1.54) is 0 Å². The van der Waals surface area contributed by atoms with E-state index in [-0.39, 0.29) is 12.5 Å². The number of carbonyl (C=O) groups is 1. The molecule has 0 aliphatic rings. The Balaban J connectivity index is 1.83. The van der Waals surface area contributed by atoms with Crippen LogP contribution in [0.5, 0.6) is 0 Å². The van der Waals surface area contributed by atoms with Gasteiger partial charge in [-0.05, 0) is 31.0 Å². The van der Waals surface area contributed by atoms with Gasteiger partial charge in [0.1, 0.15) is 6.54 Å². The zero-order valence-electron chi connectivity index (χ0n) is 18.4. The first kappa shape index (κ1) is 21.8. The molecule has 0 saturated heterocycles. The Labute approximate surface area is 190 Å². The molecule has 32 heavy (non-hydrogen) atoms. The molecule has 4 heteroatoms. The normalized spacial score (nSPS) is 11.1. The van der Waals surface area contributed by atoms with Gasteiger partial charge in [-0.2, -0.15) is 0 Å². The van der Waals surface area contributed by atoms with E-state index in [9.17, 15) is 4.79 Å². The number of hydrogen-bond acceptors (Lipinski definition) is 2. The van der Waals surface area contributed by atoms with E-state index in [0.29, 0.717) is 0 Å². The van der Waals surface area contributed by atoms with E-state index in [4.69, 9.17) is 4.74 Å². The first-order valence-electron chi connectivity index (χ1n) is 10.7.